The zero-order valence-corrected chi connectivity index (χ0v) is 11.4. The number of rotatable bonds is 5. The summed E-state index contributed by atoms with van der Waals surface area (Å²) in [5.74, 6) is -1.05. The predicted molar refractivity (Wildman–Crippen MR) is 72.0 cm³/mol. The van der Waals surface area contributed by atoms with Gasteiger partial charge >= 0.3 is 5.97 Å². The molecular formula is C14H17ClFNO2. The molecule has 1 aliphatic rings. The molecule has 0 unspecified atom stereocenters. The van der Waals surface area contributed by atoms with E-state index in [9.17, 15) is 9.18 Å². The Morgan fingerprint density at radius 2 is 2.32 bits per heavy atom. The topological polar surface area (TPSA) is 40.5 Å². The summed E-state index contributed by atoms with van der Waals surface area (Å²) in [6.45, 7) is 1.48. The second-order valence-corrected chi connectivity index (χ2v) is 5.24. The minimum Gasteiger partial charge on any atom is -0.480 e. The summed E-state index contributed by atoms with van der Waals surface area (Å²) in [6.07, 6.45) is 2.87. The van der Waals surface area contributed by atoms with E-state index in [1.165, 1.54) is 6.07 Å². The third-order valence-corrected chi connectivity index (χ3v) is 3.94. The number of nitrogens with zero attached hydrogens (tertiary/aromatic N) is 1. The lowest BCUT2D eigenvalue weighted by Crippen LogP contribution is -2.36. The van der Waals surface area contributed by atoms with Gasteiger partial charge in [-0.2, -0.15) is 0 Å². The van der Waals surface area contributed by atoms with Gasteiger partial charge in [-0.05, 0) is 50.9 Å². The quantitative estimate of drug-likeness (QED) is 0.904. The van der Waals surface area contributed by atoms with Gasteiger partial charge in [0.1, 0.15) is 11.9 Å². The van der Waals surface area contributed by atoms with E-state index in [1.54, 1.807) is 12.1 Å². The summed E-state index contributed by atoms with van der Waals surface area (Å²) in [6, 6.07) is 4.28. The fourth-order valence-corrected chi connectivity index (χ4v) is 2.86. The molecular weight excluding hydrogens is 269 g/mol. The molecule has 1 atom stereocenters. The van der Waals surface area contributed by atoms with Gasteiger partial charge in [-0.3, -0.25) is 9.69 Å². The van der Waals surface area contributed by atoms with Gasteiger partial charge in [-0.15, -0.1) is 0 Å². The standard InChI is InChI=1S/C14H17ClFNO2/c15-11-5-1-6-12(16)10(11)4-2-8-17-9-3-7-13(17)14(18)19/h1,5-6,13H,2-4,7-9H2,(H,18,19)/t13-/m1/s1. The molecule has 1 aromatic rings. The van der Waals surface area contributed by atoms with Crippen molar-refractivity contribution in [2.75, 3.05) is 13.1 Å². The van der Waals surface area contributed by atoms with E-state index in [0.717, 1.165) is 13.0 Å². The molecule has 2 rings (SSSR count). The first-order valence-electron chi connectivity index (χ1n) is 6.49. The van der Waals surface area contributed by atoms with Crippen LogP contribution in [0.1, 0.15) is 24.8 Å². The van der Waals surface area contributed by atoms with Gasteiger partial charge in [0, 0.05) is 10.6 Å². The summed E-state index contributed by atoms with van der Waals surface area (Å²) in [5, 5.41) is 9.51. The molecule has 3 nitrogen and oxygen atoms in total. The van der Waals surface area contributed by atoms with Crippen molar-refractivity contribution in [2.45, 2.75) is 31.7 Å². The van der Waals surface area contributed by atoms with Crippen LogP contribution >= 0.6 is 11.6 Å². The third-order valence-electron chi connectivity index (χ3n) is 3.58. The molecule has 0 aliphatic carbocycles. The molecule has 0 amide bonds. The number of likely N-dealkylation sites (tertiary alicyclic amines) is 1. The number of carboxylic acid groups (broad SMARTS) is 1. The number of hydrogen-bond acceptors (Lipinski definition) is 2. The van der Waals surface area contributed by atoms with Crippen LogP contribution in [0.25, 0.3) is 0 Å². The van der Waals surface area contributed by atoms with E-state index < -0.39 is 5.97 Å². The smallest absolute Gasteiger partial charge is 0.320 e. The Kier molecular flexibility index (Phi) is 4.77. The Hall–Kier alpha value is -1.13. The minimum absolute atomic E-state index is 0.288. The first kappa shape index (κ1) is 14.3. The van der Waals surface area contributed by atoms with Gasteiger partial charge in [-0.1, -0.05) is 17.7 Å². The van der Waals surface area contributed by atoms with Gasteiger partial charge < -0.3 is 5.11 Å². The van der Waals surface area contributed by atoms with Crippen LogP contribution in [0.15, 0.2) is 18.2 Å². The largest absolute Gasteiger partial charge is 0.480 e. The Morgan fingerprint density at radius 3 is 3.00 bits per heavy atom. The molecule has 0 bridgehead atoms. The van der Waals surface area contributed by atoms with E-state index in [4.69, 9.17) is 16.7 Å². The molecule has 1 N–H and O–H groups in total. The molecule has 0 aromatic heterocycles. The fraction of sp³-hybridized carbons (Fsp3) is 0.500. The van der Waals surface area contributed by atoms with Crippen molar-refractivity contribution >= 4 is 17.6 Å². The summed E-state index contributed by atoms with van der Waals surface area (Å²) in [7, 11) is 0. The molecule has 1 saturated heterocycles. The van der Waals surface area contributed by atoms with Crippen LogP contribution in [0.4, 0.5) is 4.39 Å². The fourth-order valence-electron chi connectivity index (χ4n) is 2.60. The van der Waals surface area contributed by atoms with Crippen LogP contribution in [0, 0.1) is 5.82 Å². The Balaban J connectivity index is 1.88. The molecule has 5 heteroatoms. The van der Waals surface area contributed by atoms with Crippen molar-refractivity contribution in [3.8, 4) is 0 Å². The lowest BCUT2D eigenvalue weighted by Gasteiger charge is -2.20. The Bertz CT molecular complexity index is 447. The number of carbonyl (C=O) groups is 1. The average molecular weight is 286 g/mol. The lowest BCUT2D eigenvalue weighted by atomic mass is 10.1. The lowest BCUT2D eigenvalue weighted by molar-refractivity contribution is -0.142. The highest BCUT2D eigenvalue weighted by molar-refractivity contribution is 6.31. The Labute approximate surface area is 117 Å². The van der Waals surface area contributed by atoms with Gasteiger partial charge in [0.15, 0.2) is 0 Å². The van der Waals surface area contributed by atoms with E-state index in [1.807, 2.05) is 4.90 Å². The molecule has 1 aliphatic heterocycles. The minimum atomic E-state index is -0.763. The SMILES string of the molecule is O=C(O)[C@H]1CCCN1CCCc1c(F)cccc1Cl. The molecule has 19 heavy (non-hydrogen) atoms. The highest BCUT2D eigenvalue weighted by atomic mass is 35.5. The zero-order chi connectivity index (χ0) is 13.8. The van der Waals surface area contributed by atoms with Crippen molar-refractivity contribution in [1.29, 1.82) is 0 Å². The zero-order valence-electron chi connectivity index (χ0n) is 10.6. The van der Waals surface area contributed by atoms with Crippen molar-refractivity contribution < 1.29 is 14.3 Å². The molecule has 1 fully saturated rings. The van der Waals surface area contributed by atoms with Crippen LogP contribution in [-0.4, -0.2) is 35.1 Å². The van der Waals surface area contributed by atoms with Gasteiger partial charge in [-0.25, -0.2) is 4.39 Å². The molecule has 1 aromatic carbocycles. The second kappa shape index (κ2) is 6.35. The van der Waals surface area contributed by atoms with Crippen molar-refractivity contribution in [3.05, 3.63) is 34.6 Å². The normalized spacial score (nSPS) is 19.8. The number of halogens is 2. The summed E-state index contributed by atoms with van der Waals surface area (Å²) < 4.78 is 13.6. The third kappa shape index (κ3) is 3.45. The molecule has 1 heterocycles. The van der Waals surface area contributed by atoms with Crippen LogP contribution in [0.2, 0.25) is 5.02 Å². The number of aliphatic carboxylic acids is 1. The number of benzene rings is 1. The molecule has 104 valence electrons. The van der Waals surface area contributed by atoms with E-state index in [2.05, 4.69) is 0 Å². The number of carboxylic acids is 1. The first-order chi connectivity index (χ1) is 9.09. The maximum atomic E-state index is 13.6. The van der Waals surface area contributed by atoms with Crippen LogP contribution in [-0.2, 0) is 11.2 Å². The van der Waals surface area contributed by atoms with E-state index in [0.29, 0.717) is 36.4 Å². The summed E-state index contributed by atoms with van der Waals surface area (Å²) in [4.78, 5) is 13.0. The summed E-state index contributed by atoms with van der Waals surface area (Å²) >= 11 is 5.96. The monoisotopic (exact) mass is 285 g/mol. The molecule has 0 spiro atoms. The Morgan fingerprint density at radius 1 is 1.53 bits per heavy atom. The van der Waals surface area contributed by atoms with Crippen molar-refractivity contribution in [3.63, 3.8) is 0 Å². The maximum Gasteiger partial charge on any atom is 0.320 e. The first-order valence-corrected chi connectivity index (χ1v) is 6.87. The van der Waals surface area contributed by atoms with E-state index in [-0.39, 0.29) is 11.9 Å². The highest BCUT2D eigenvalue weighted by Gasteiger charge is 2.29. The molecule has 0 saturated carbocycles. The maximum absolute atomic E-state index is 13.6. The van der Waals surface area contributed by atoms with E-state index >= 15 is 0 Å². The average Bonchev–Trinajstić information content (AvgIpc) is 2.81. The van der Waals surface area contributed by atoms with Crippen LogP contribution in [0.3, 0.4) is 0 Å². The number of hydrogen-bond donors (Lipinski definition) is 1. The van der Waals surface area contributed by atoms with Gasteiger partial charge in [0.25, 0.3) is 0 Å². The highest BCUT2D eigenvalue weighted by Crippen LogP contribution is 2.22. The van der Waals surface area contributed by atoms with Crippen LogP contribution in [0.5, 0.6) is 0 Å². The predicted octanol–water partition coefficient (Wildman–Crippen LogP) is 2.96. The molecule has 0 radical (unpaired) electrons. The van der Waals surface area contributed by atoms with Gasteiger partial charge in [0.2, 0.25) is 0 Å². The van der Waals surface area contributed by atoms with Gasteiger partial charge in [0.05, 0.1) is 0 Å². The van der Waals surface area contributed by atoms with Crippen LogP contribution < -0.4 is 0 Å². The summed E-state index contributed by atoms with van der Waals surface area (Å²) in [5.41, 5.74) is 0.523. The van der Waals surface area contributed by atoms with Crippen molar-refractivity contribution in [1.82, 2.24) is 4.90 Å². The second-order valence-electron chi connectivity index (χ2n) is 4.84. The van der Waals surface area contributed by atoms with Crippen molar-refractivity contribution in [2.24, 2.45) is 0 Å².